The average Bonchev–Trinajstić information content (AvgIpc) is 3.02. The smallest absolute Gasteiger partial charge is 0.265 e. The molecular formula is C14H19N3O2S. The quantitative estimate of drug-likeness (QED) is 0.939. The van der Waals surface area contributed by atoms with E-state index in [0.29, 0.717) is 17.2 Å². The summed E-state index contributed by atoms with van der Waals surface area (Å²) in [5.41, 5.74) is 6.33. The van der Waals surface area contributed by atoms with Crippen LogP contribution in [-0.4, -0.2) is 35.4 Å². The Bertz CT molecular complexity index is 618. The molecule has 2 N–H and O–H groups in total. The fraction of sp³-hybridized carbons (Fsp3) is 0.429. The first-order chi connectivity index (χ1) is 9.43. The first-order valence-corrected chi connectivity index (χ1v) is 7.27. The molecule has 6 heteroatoms. The van der Waals surface area contributed by atoms with Gasteiger partial charge in [-0.15, -0.1) is 11.3 Å². The zero-order chi connectivity index (χ0) is 14.9. The largest absolute Gasteiger partial charge is 0.459 e. The fourth-order valence-electron chi connectivity index (χ4n) is 1.77. The molecule has 0 saturated heterocycles. The first-order valence-electron chi connectivity index (χ1n) is 6.45. The van der Waals surface area contributed by atoms with Crippen molar-refractivity contribution in [2.75, 3.05) is 13.6 Å². The third-order valence-electron chi connectivity index (χ3n) is 3.26. The van der Waals surface area contributed by atoms with Crippen LogP contribution in [0, 0.1) is 13.8 Å². The summed E-state index contributed by atoms with van der Waals surface area (Å²) < 4.78 is 5.55. The van der Waals surface area contributed by atoms with Gasteiger partial charge in [-0.05, 0) is 32.9 Å². The summed E-state index contributed by atoms with van der Waals surface area (Å²) in [6.07, 6.45) is 0. The van der Waals surface area contributed by atoms with Crippen molar-refractivity contribution in [3.8, 4) is 10.8 Å². The lowest BCUT2D eigenvalue weighted by molar-refractivity contribution is 0.0752. The molecule has 1 amide bonds. The summed E-state index contributed by atoms with van der Waals surface area (Å²) in [4.78, 5) is 19.1. The molecule has 0 aromatic carbocycles. The lowest BCUT2D eigenvalue weighted by Crippen LogP contribution is -2.39. The molecule has 5 nitrogen and oxygen atoms in total. The van der Waals surface area contributed by atoms with Gasteiger partial charge in [-0.1, -0.05) is 0 Å². The Balaban J connectivity index is 2.30. The van der Waals surface area contributed by atoms with Gasteiger partial charge in [0.05, 0.1) is 5.69 Å². The Hall–Kier alpha value is -1.66. The van der Waals surface area contributed by atoms with Crippen molar-refractivity contribution in [1.29, 1.82) is 0 Å². The lowest BCUT2D eigenvalue weighted by Gasteiger charge is -2.23. The maximum atomic E-state index is 12.4. The molecule has 0 spiro atoms. The summed E-state index contributed by atoms with van der Waals surface area (Å²) in [7, 11) is 1.76. The molecule has 1 unspecified atom stereocenters. The van der Waals surface area contributed by atoms with Gasteiger partial charge in [0.15, 0.2) is 10.8 Å². The van der Waals surface area contributed by atoms with Gasteiger partial charge in [-0.25, -0.2) is 4.98 Å². The van der Waals surface area contributed by atoms with Crippen LogP contribution in [0.5, 0.6) is 0 Å². The monoisotopic (exact) mass is 293 g/mol. The molecule has 2 aromatic heterocycles. The second kappa shape index (κ2) is 5.76. The highest BCUT2D eigenvalue weighted by molar-refractivity contribution is 7.17. The predicted molar refractivity (Wildman–Crippen MR) is 79.9 cm³/mol. The van der Waals surface area contributed by atoms with Crippen molar-refractivity contribution in [3.63, 3.8) is 0 Å². The summed E-state index contributed by atoms with van der Waals surface area (Å²) >= 11 is 1.35. The second-order valence-corrected chi connectivity index (χ2v) is 5.84. The maximum Gasteiger partial charge on any atom is 0.265 e. The van der Waals surface area contributed by atoms with Crippen LogP contribution in [0.15, 0.2) is 16.5 Å². The highest BCUT2D eigenvalue weighted by Gasteiger charge is 2.22. The molecule has 20 heavy (non-hydrogen) atoms. The van der Waals surface area contributed by atoms with Crippen LogP contribution in [0.25, 0.3) is 10.8 Å². The fourth-order valence-corrected chi connectivity index (χ4v) is 2.78. The van der Waals surface area contributed by atoms with E-state index in [1.807, 2.05) is 32.9 Å². The van der Waals surface area contributed by atoms with Crippen LogP contribution >= 0.6 is 11.3 Å². The van der Waals surface area contributed by atoms with Gasteiger partial charge >= 0.3 is 0 Å². The molecule has 108 valence electrons. The second-order valence-electron chi connectivity index (χ2n) is 4.84. The number of rotatable bonds is 4. The van der Waals surface area contributed by atoms with Gasteiger partial charge in [0, 0.05) is 19.6 Å². The van der Waals surface area contributed by atoms with Crippen LogP contribution in [0.4, 0.5) is 0 Å². The Kier molecular flexibility index (Phi) is 4.25. The third kappa shape index (κ3) is 2.76. The van der Waals surface area contributed by atoms with Crippen LogP contribution in [0.2, 0.25) is 0 Å². The van der Waals surface area contributed by atoms with Crippen LogP contribution in [-0.2, 0) is 0 Å². The van der Waals surface area contributed by atoms with E-state index in [-0.39, 0.29) is 11.9 Å². The number of aromatic nitrogens is 1. The Morgan fingerprint density at radius 2 is 2.20 bits per heavy atom. The maximum absolute atomic E-state index is 12.4. The predicted octanol–water partition coefficient (Wildman–Crippen LogP) is 2.44. The summed E-state index contributed by atoms with van der Waals surface area (Å²) in [6.45, 7) is 6.08. The van der Waals surface area contributed by atoms with E-state index in [0.717, 1.165) is 16.5 Å². The number of hydrogen-bond acceptors (Lipinski definition) is 5. The van der Waals surface area contributed by atoms with Gasteiger partial charge in [0.1, 0.15) is 10.6 Å². The third-order valence-corrected chi connectivity index (χ3v) is 4.42. The molecule has 0 aliphatic carbocycles. The van der Waals surface area contributed by atoms with E-state index >= 15 is 0 Å². The average molecular weight is 293 g/mol. The van der Waals surface area contributed by atoms with Crippen LogP contribution in [0.1, 0.15) is 28.0 Å². The molecule has 0 radical (unpaired) electrons. The van der Waals surface area contributed by atoms with E-state index in [1.54, 1.807) is 11.9 Å². The molecule has 2 aromatic rings. The minimum absolute atomic E-state index is 0.00157. The van der Waals surface area contributed by atoms with Gasteiger partial charge in [0.2, 0.25) is 0 Å². The van der Waals surface area contributed by atoms with Crippen molar-refractivity contribution in [2.45, 2.75) is 26.8 Å². The number of aryl methyl sites for hydroxylation is 2. The number of carbonyl (C=O) groups excluding carboxylic acids is 1. The van der Waals surface area contributed by atoms with Crippen molar-refractivity contribution >= 4 is 17.2 Å². The number of nitrogens with zero attached hydrogens (tertiary/aromatic N) is 2. The minimum atomic E-state index is -0.0486. The van der Waals surface area contributed by atoms with E-state index in [9.17, 15) is 4.79 Å². The highest BCUT2D eigenvalue weighted by Crippen LogP contribution is 2.30. The molecule has 2 heterocycles. The lowest BCUT2D eigenvalue weighted by atomic mass is 10.2. The molecule has 0 bridgehead atoms. The van der Waals surface area contributed by atoms with Gasteiger partial charge in [-0.3, -0.25) is 4.79 Å². The summed E-state index contributed by atoms with van der Waals surface area (Å²) in [6, 6.07) is 3.75. The van der Waals surface area contributed by atoms with Gasteiger partial charge in [0.25, 0.3) is 5.91 Å². The zero-order valence-electron chi connectivity index (χ0n) is 12.1. The summed E-state index contributed by atoms with van der Waals surface area (Å²) in [5.74, 6) is 1.48. The van der Waals surface area contributed by atoms with E-state index in [1.165, 1.54) is 11.3 Å². The number of furan rings is 1. The first kappa shape index (κ1) is 14.7. The molecular weight excluding hydrogens is 274 g/mol. The van der Waals surface area contributed by atoms with Crippen LogP contribution in [0.3, 0.4) is 0 Å². The summed E-state index contributed by atoms with van der Waals surface area (Å²) in [5, 5.41) is 0.729. The van der Waals surface area contributed by atoms with E-state index in [4.69, 9.17) is 10.2 Å². The topological polar surface area (TPSA) is 72.4 Å². The standard InChI is InChI=1S/C14H19N3O2S/c1-8(7-15)17(4)14(18)12-10(3)16-13(20-12)11-6-5-9(2)19-11/h5-6,8H,7,15H2,1-4H3. The Morgan fingerprint density at radius 1 is 1.50 bits per heavy atom. The molecule has 2 rings (SSSR count). The Morgan fingerprint density at radius 3 is 2.75 bits per heavy atom. The molecule has 0 aliphatic heterocycles. The van der Waals surface area contributed by atoms with Crippen LogP contribution < -0.4 is 5.73 Å². The molecule has 1 atom stereocenters. The zero-order valence-corrected chi connectivity index (χ0v) is 13.0. The van der Waals surface area contributed by atoms with E-state index < -0.39 is 0 Å². The SMILES string of the molecule is Cc1ccc(-c2nc(C)c(C(=O)N(C)C(C)CN)s2)o1. The van der Waals surface area contributed by atoms with Crippen molar-refractivity contribution in [3.05, 3.63) is 28.5 Å². The van der Waals surface area contributed by atoms with Crippen molar-refractivity contribution < 1.29 is 9.21 Å². The van der Waals surface area contributed by atoms with E-state index in [2.05, 4.69) is 4.98 Å². The van der Waals surface area contributed by atoms with Crippen molar-refractivity contribution in [2.24, 2.45) is 5.73 Å². The number of nitrogens with two attached hydrogens (primary N) is 1. The minimum Gasteiger partial charge on any atom is -0.459 e. The van der Waals surface area contributed by atoms with Crippen molar-refractivity contribution in [1.82, 2.24) is 9.88 Å². The molecule has 0 aliphatic rings. The number of likely N-dealkylation sites (N-methyl/N-ethyl adjacent to an activating group) is 1. The Labute approximate surface area is 122 Å². The molecule has 0 fully saturated rings. The van der Waals surface area contributed by atoms with Gasteiger partial charge in [-0.2, -0.15) is 0 Å². The number of hydrogen-bond donors (Lipinski definition) is 1. The number of thiazole rings is 1. The normalized spacial score (nSPS) is 12.4. The van der Waals surface area contributed by atoms with Gasteiger partial charge < -0.3 is 15.1 Å². The highest BCUT2D eigenvalue weighted by atomic mass is 32.1. The number of carbonyl (C=O) groups is 1. The number of amides is 1. The molecule has 0 saturated carbocycles.